The number of benzene rings is 2. The van der Waals surface area contributed by atoms with Gasteiger partial charge in [-0.05, 0) is 31.0 Å². The largest absolute Gasteiger partial charge is 0.460 e. The molecule has 0 aromatic heterocycles. The number of rotatable bonds is 3. The third-order valence-electron chi connectivity index (χ3n) is 5.17. The number of hydrogen-bond acceptors (Lipinski definition) is 6. The number of carbonyl (C=O) groups is 1. The van der Waals surface area contributed by atoms with Gasteiger partial charge < -0.3 is 9.64 Å². The Morgan fingerprint density at radius 3 is 2.79 bits per heavy atom. The molecular formula is C21H19N3O4S. The first kappa shape index (κ1) is 19.2. The van der Waals surface area contributed by atoms with Crippen LogP contribution in [0.3, 0.4) is 0 Å². The van der Waals surface area contributed by atoms with Gasteiger partial charge in [0.25, 0.3) is 10.0 Å². The lowest BCUT2D eigenvalue weighted by Gasteiger charge is -2.32. The van der Waals surface area contributed by atoms with Crippen molar-refractivity contribution in [2.75, 3.05) is 13.1 Å². The number of sulfonamides is 1. The molecule has 2 aliphatic heterocycles. The molecule has 8 heteroatoms. The number of hydrogen-bond donors (Lipinski definition) is 0. The summed E-state index contributed by atoms with van der Waals surface area (Å²) in [5, 5.41) is 9.15. The molecule has 1 fully saturated rings. The van der Waals surface area contributed by atoms with E-state index in [0.29, 0.717) is 42.0 Å². The SMILES string of the molecule is N#Cc1ccccc1COC(=O)[C@@H]1CCCN(C2=NS(=O)(=O)c3ccccc32)C1. The van der Waals surface area contributed by atoms with E-state index >= 15 is 0 Å². The van der Waals surface area contributed by atoms with Crippen LogP contribution in [0.4, 0.5) is 0 Å². The average Bonchev–Trinajstić information content (AvgIpc) is 3.03. The Morgan fingerprint density at radius 2 is 1.97 bits per heavy atom. The maximum absolute atomic E-state index is 12.6. The van der Waals surface area contributed by atoms with E-state index in [-0.39, 0.29) is 23.4 Å². The van der Waals surface area contributed by atoms with Crippen LogP contribution in [0.25, 0.3) is 0 Å². The zero-order valence-corrected chi connectivity index (χ0v) is 16.4. The van der Waals surface area contributed by atoms with Gasteiger partial charge in [0.1, 0.15) is 11.5 Å². The van der Waals surface area contributed by atoms with Crippen LogP contribution in [0.1, 0.15) is 29.5 Å². The minimum atomic E-state index is -3.70. The highest BCUT2D eigenvalue weighted by Crippen LogP contribution is 2.30. The molecule has 1 saturated heterocycles. The van der Waals surface area contributed by atoms with E-state index in [1.807, 2.05) is 4.90 Å². The second-order valence-electron chi connectivity index (χ2n) is 7.05. The first-order valence-electron chi connectivity index (χ1n) is 9.33. The zero-order valence-electron chi connectivity index (χ0n) is 15.6. The Labute approximate surface area is 169 Å². The van der Waals surface area contributed by atoms with Gasteiger partial charge >= 0.3 is 5.97 Å². The fraction of sp³-hybridized carbons (Fsp3) is 0.286. The summed E-state index contributed by atoms with van der Waals surface area (Å²) in [4.78, 5) is 14.7. The quantitative estimate of drug-likeness (QED) is 0.722. The lowest BCUT2D eigenvalue weighted by molar-refractivity contribution is -0.151. The van der Waals surface area contributed by atoms with Crippen LogP contribution in [-0.4, -0.2) is 38.2 Å². The van der Waals surface area contributed by atoms with Gasteiger partial charge in [0.2, 0.25) is 0 Å². The molecule has 29 heavy (non-hydrogen) atoms. The van der Waals surface area contributed by atoms with Crippen molar-refractivity contribution in [2.24, 2.45) is 10.3 Å². The number of ether oxygens (including phenoxy) is 1. The molecule has 0 spiro atoms. The first-order valence-corrected chi connectivity index (χ1v) is 10.8. The fourth-order valence-electron chi connectivity index (χ4n) is 3.70. The Kier molecular flexibility index (Phi) is 5.07. The highest BCUT2D eigenvalue weighted by atomic mass is 32.2. The molecule has 1 atom stereocenters. The zero-order chi connectivity index (χ0) is 20.4. The Bertz CT molecular complexity index is 1130. The van der Waals surface area contributed by atoms with Gasteiger partial charge in [-0.1, -0.05) is 30.3 Å². The van der Waals surface area contributed by atoms with Crippen molar-refractivity contribution in [2.45, 2.75) is 24.3 Å². The van der Waals surface area contributed by atoms with Gasteiger partial charge in [-0.25, -0.2) is 0 Å². The number of nitriles is 1. The molecular weight excluding hydrogens is 390 g/mol. The van der Waals surface area contributed by atoms with Crippen molar-refractivity contribution < 1.29 is 17.9 Å². The van der Waals surface area contributed by atoms with Gasteiger partial charge in [-0.2, -0.15) is 13.7 Å². The molecule has 2 aromatic rings. The lowest BCUT2D eigenvalue weighted by Crippen LogP contribution is -2.42. The molecule has 0 saturated carbocycles. The van der Waals surface area contributed by atoms with Gasteiger partial charge in [0.05, 0.1) is 17.6 Å². The first-order chi connectivity index (χ1) is 14.0. The van der Waals surface area contributed by atoms with Crippen LogP contribution < -0.4 is 0 Å². The smallest absolute Gasteiger partial charge is 0.311 e. The highest BCUT2D eigenvalue weighted by Gasteiger charge is 2.35. The molecule has 148 valence electrons. The highest BCUT2D eigenvalue weighted by molar-refractivity contribution is 7.90. The number of carbonyl (C=O) groups excluding carboxylic acids is 1. The van der Waals surface area contributed by atoms with E-state index in [0.717, 1.165) is 6.42 Å². The molecule has 0 amide bonds. The standard InChI is InChI=1S/C21H19N3O4S/c22-12-15-6-1-2-7-17(15)14-28-21(25)16-8-5-11-24(13-16)20-18-9-3-4-10-19(18)29(26,27)23-20/h1-4,6-7,9-10,16H,5,8,11,13-14H2/t16-/m1/s1. The Morgan fingerprint density at radius 1 is 1.21 bits per heavy atom. The van der Waals surface area contributed by atoms with E-state index in [4.69, 9.17) is 10.00 Å². The summed E-state index contributed by atoms with van der Waals surface area (Å²) in [6.07, 6.45) is 1.40. The monoisotopic (exact) mass is 409 g/mol. The van der Waals surface area contributed by atoms with Gasteiger partial charge in [-0.3, -0.25) is 4.79 Å². The summed E-state index contributed by atoms with van der Waals surface area (Å²) < 4.78 is 34.0. The second-order valence-corrected chi connectivity index (χ2v) is 8.62. The molecule has 2 heterocycles. The third-order valence-corrected chi connectivity index (χ3v) is 6.50. The average molecular weight is 409 g/mol. The van der Waals surface area contributed by atoms with Crippen LogP contribution in [0.5, 0.6) is 0 Å². The van der Waals surface area contributed by atoms with Crippen molar-refractivity contribution in [3.8, 4) is 6.07 Å². The summed E-state index contributed by atoms with van der Waals surface area (Å²) in [5.41, 5.74) is 1.72. The minimum absolute atomic E-state index is 0.0389. The maximum atomic E-state index is 12.6. The van der Waals surface area contributed by atoms with Crippen LogP contribution in [0, 0.1) is 17.2 Å². The fourth-order valence-corrected chi connectivity index (χ4v) is 4.93. The minimum Gasteiger partial charge on any atom is -0.460 e. The number of amidine groups is 1. The predicted octanol–water partition coefficient (Wildman–Crippen LogP) is 2.46. The number of esters is 1. The van der Waals surface area contributed by atoms with Gasteiger partial charge in [0, 0.05) is 24.2 Å². The van der Waals surface area contributed by atoms with Crippen LogP contribution in [-0.2, 0) is 26.2 Å². The third kappa shape index (κ3) is 3.74. The number of piperidine rings is 1. The van der Waals surface area contributed by atoms with E-state index in [1.165, 1.54) is 0 Å². The summed E-state index contributed by atoms with van der Waals surface area (Å²) >= 11 is 0. The summed E-state index contributed by atoms with van der Waals surface area (Å²) in [6.45, 7) is 1.02. The van der Waals surface area contributed by atoms with Gasteiger partial charge in [-0.15, -0.1) is 4.40 Å². The molecule has 0 aliphatic carbocycles. The molecule has 0 unspecified atom stereocenters. The van der Waals surface area contributed by atoms with Crippen molar-refractivity contribution in [1.29, 1.82) is 5.26 Å². The Balaban J connectivity index is 1.47. The second kappa shape index (κ2) is 7.68. The Hall–Kier alpha value is -3.18. The predicted molar refractivity (Wildman–Crippen MR) is 105 cm³/mol. The van der Waals surface area contributed by atoms with E-state index in [9.17, 15) is 13.2 Å². The van der Waals surface area contributed by atoms with Crippen molar-refractivity contribution >= 4 is 21.8 Å². The van der Waals surface area contributed by atoms with Crippen molar-refractivity contribution in [1.82, 2.24) is 4.90 Å². The van der Waals surface area contributed by atoms with Gasteiger partial charge in [0.15, 0.2) is 5.84 Å². The lowest BCUT2D eigenvalue weighted by atomic mass is 9.97. The van der Waals surface area contributed by atoms with Crippen LogP contribution in [0.15, 0.2) is 57.8 Å². The molecule has 0 radical (unpaired) electrons. The molecule has 7 nitrogen and oxygen atoms in total. The van der Waals surface area contributed by atoms with E-state index in [2.05, 4.69) is 10.5 Å². The molecule has 0 N–H and O–H groups in total. The number of likely N-dealkylation sites (tertiary alicyclic amines) is 1. The van der Waals surface area contributed by atoms with E-state index < -0.39 is 10.0 Å². The maximum Gasteiger partial charge on any atom is 0.311 e. The van der Waals surface area contributed by atoms with E-state index in [1.54, 1.807) is 48.5 Å². The topological polar surface area (TPSA) is 99.8 Å². The summed E-state index contributed by atoms with van der Waals surface area (Å²) in [5.74, 6) is -0.332. The molecule has 2 aliphatic rings. The van der Waals surface area contributed by atoms with Crippen LogP contribution in [0.2, 0.25) is 0 Å². The summed E-state index contributed by atoms with van der Waals surface area (Å²) in [7, 11) is -3.70. The van der Waals surface area contributed by atoms with Crippen LogP contribution >= 0.6 is 0 Å². The number of nitrogens with zero attached hydrogens (tertiary/aromatic N) is 3. The molecule has 4 rings (SSSR count). The number of fused-ring (bicyclic) bond motifs is 1. The van der Waals surface area contributed by atoms with Crippen molar-refractivity contribution in [3.05, 3.63) is 65.2 Å². The molecule has 2 aromatic carbocycles. The molecule has 0 bridgehead atoms. The summed E-state index contributed by atoms with van der Waals surface area (Å²) in [6, 6.07) is 15.8. The van der Waals surface area contributed by atoms with Crippen molar-refractivity contribution in [3.63, 3.8) is 0 Å². The normalized spacial score (nSPS) is 19.8.